The fourth-order valence-electron chi connectivity index (χ4n) is 3.23. The van der Waals surface area contributed by atoms with Crippen molar-refractivity contribution < 1.29 is 23.5 Å². The van der Waals surface area contributed by atoms with Crippen LogP contribution in [0.2, 0.25) is 0 Å². The van der Waals surface area contributed by atoms with Gasteiger partial charge in [-0.3, -0.25) is 0 Å². The summed E-state index contributed by atoms with van der Waals surface area (Å²) in [4.78, 5) is 33.8. The Morgan fingerprint density at radius 1 is 1.10 bits per heavy atom. The van der Waals surface area contributed by atoms with Crippen LogP contribution in [-0.2, 0) is 16.0 Å². The van der Waals surface area contributed by atoms with Gasteiger partial charge in [0.15, 0.2) is 10.3 Å². The average molecular weight is 487 g/mol. The predicted molar refractivity (Wildman–Crippen MR) is 117 cm³/mol. The largest absolute Gasteiger partial charge is 0.462 e. The van der Waals surface area contributed by atoms with Crippen molar-refractivity contribution in [3.63, 3.8) is 0 Å². The number of hydrogen-bond acceptors (Lipinski definition) is 8. The molecule has 0 unspecified atom stereocenters. The van der Waals surface area contributed by atoms with E-state index < -0.39 is 11.9 Å². The number of ether oxygens (including phenoxy) is 2. The molecule has 0 aliphatic rings. The van der Waals surface area contributed by atoms with Gasteiger partial charge in [0.2, 0.25) is 5.76 Å². The highest BCUT2D eigenvalue weighted by atomic mass is 79.9. The lowest BCUT2D eigenvalue weighted by atomic mass is 10.2. The number of anilines is 1. The summed E-state index contributed by atoms with van der Waals surface area (Å²) in [5, 5.41) is 0. The van der Waals surface area contributed by atoms with Crippen molar-refractivity contribution in [1.82, 2.24) is 14.5 Å². The number of fused-ring (bicyclic) bond motifs is 2. The lowest BCUT2D eigenvalue weighted by Crippen LogP contribution is -2.12. The number of carbonyl (C=O) groups excluding carboxylic acids is 2. The summed E-state index contributed by atoms with van der Waals surface area (Å²) in [7, 11) is 0. The van der Waals surface area contributed by atoms with Gasteiger partial charge in [-0.25, -0.2) is 19.6 Å². The van der Waals surface area contributed by atoms with Crippen molar-refractivity contribution in [1.29, 1.82) is 0 Å². The van der Waals surface area contributed by atoms with Crippen molar-refractivity contribution in [3.05, 3.63) is 52.4 Å². The molecule has 0 bridgehead atoms. The Morgan fingerprint density at radius 3 is 2.52 bits per heavy atom. The molecule has 0 aliphatic heterocycles. The third-order valence-electron chi connectivity index (χ3n) is 4.60. The monoisotopic (exact) mass is 486 g/mol. The normalized spacial score (nSPS) is 11.2. The number of furan rings is 1. The molecule has 1 aromatic carbocycles. The quantitative estimate of drug-likeness (QED) is 0.307. The van der Waals surface area contributed by atoms with Crippen LogP contribution >= 0.6 is 15.9 Å². The van der Waals surface area contributed by atoms with E-state index >= 15 is 0 Å². The number of benzene rings is 1. The van der Waals surface area contributed by atoms with E-state index in [1.165, 1.54) is 6.07 Å². The van der Waals surface area contributed by atoms with Gasteiger partial charge in [-0.2, -0.15) is 0 Å². The summed E-state index contributed by atoms with van der Waals surface area (Å²) in [5.74, 6) is -0.790. The van der Waals surface area contributed by atoms with Gasteiger partial charge in [0, 0.05) is 6.54 Å². The number of carbonyl (C=O) groups is 2. The standard InChI is InChI=1S/C21H19BrN4O5/c1-2-29-21(28)16-17-19(25-13-7-4-3-6-12(13)24-17)26(18(16)23)10-5-11-30-20(27)14-8-9-15(22)31-14/h3-4,6-9H,2,5,10-11,23H2,1H3. The smallest absolute Gasteiger partial charge is 0.374 e. The molecule has 160 valence electrons. The number of aryl methyl sites for hydroxylation is 1. The molecule has 0 aliphatic carbocycles. The highest BCUT2D eigenvalue weighted by Gasteiger charge is 2.25. The van der Waals surface area contributed by atoms with Gasteiger partial charge in [-0.15, -0.1) is 0 Å². The van der Waals surface area contributed by atoms with E-state index in [0.29, 0.717) is 39.8 Å². The second-order valence-corrected chi connectivity index (χ2v) is 7.39. The molecule has 31 heavy (non-hydrogen) atoms. The summed E-state index contributed by atoms with van der Waals surface area (Å²) in [6.07, 6.45) is 0.443. The van der Waals surface area contributed by atoms with Crippen LogP contribution in [0.15, 0.2) is 45.5 Å². The molecule has 0 amide bonds. The summed E-state index contributed by atoms with van der Waals surface area (Å²) in [6, 6.07) is 10.5. The molecule has 0 fully saturated rings. The fourth-order valence-corrected chi connectivity index (χ4v) is 3.54. The molecule has 0 radical (unpaired) electrons. The predicted octanol–water partition coefficient (Wildman–Crippen LogP) is 3.95. The molecule has 9 nitrogen and oxygen atoms in total. The van der Waals surface area contributed by atoms with E-state index in [2.05, 4.69) is 25.9 Å². The number of nitrogen functional groups attached to an aromatic ring is 1. The van der Waals surface area contributed by atoms with Crippen molar-refractivity contribution in [2.45, 2.75) is 19.9 Å². The first-order valence-electron chi connectivity index (χ1n) is 9.63. The molecule has 0 saturated carbocycles. The van der Waals surface area contributed by atoms with Gasteiger partial charge >= 0.3 is 11.9 Å². The van der Waals surface area contributed by atoms with Gasteiger partial charge in [-0.05, 0) is 53.5 Å². The Hall–Kier alpha value is -3.40. The van der Waals surface area contributed by atoms with Gasteiger partial charge < -0.3 is 24.2 Å². The third kappa shape index (κ3) is 4.11. The first kappa shape index (κ1) is 20.9. The molecule has 3 aromatic heterocycles. The van der Waals surface area contributed by atoms with E-state index in [0.717, 1.165) is 0 Å². The number of aromatic nitrogens is 3. The summed E-state index contributed by atoms with van der Waals surface area (Å²) in [6.45, 7) is 2.43. The minimum Gasteiger partial charge on any atom is -0.462 e. The van der Waals surface area contributed by atoms with Crippen molar-refractivity contribution in [2.24, 2.45) is 0 Å². The summed E-state index contributed by atoms with van der Waals surface area (Å²) in [5.41, 5.74) is 8.67. The zero-order valence-corrected chi connectivity index (χ0v) is 18.2. The SMILES string of the molecule is CCOC(=O)c1c(N)n(CCCOC(=O)c2ccc(Br)o2)c2nc3ccccc3nc12. The molecular formula is C21H19BrN4O5. The van der Waals surface area contributed by atoms with Crippen molar-refractivity contribution in [3.8, 4) is 0 Å². The Labute approximate surface area is 185 Å². The highest BCUT2D eigenvalue weighted by molar-refractivity contribution is 9.10. The van der Waals surface area contributed by atoms with Crippen LogP contribution in [0.3, 0.4) is 0 Å². The maximum Gasteiger partial charge on any atom is 0.374 e. The maximum absolute atomic E-state index is 12.5. The number of halogens is 1. The minimum atomic E-state index is -0.561. The Morgan fingerprint density at radius 2 is 1.84 bits per heavy atom. The molecule has 2 N–H and O–H groups in total. The number of para-hydroxylation sites is 2. The molecule has 0 spiro atoms. The van der Waals surface area contributed by atoms with Gasteiger partial charge in [0.25, 0.3) is 0 Å². The van der Waals surface area contributed by atoms with Crippen molar-refractivity contribution in [2.75, 3.05) is 18.9 Å². The van der Waals surface area contributed by atoms with E-state index in [1.807, 2.05) is 24.3 Å². The van der Waals surface area contributed by atoms with Crippen LogP contribution in [0.25, 0.3) is 22.2 Å². The molecule has 3 heterocycles. The number of esters is 2. The highest BCUT2D eigenvalue weighted by Crippen LogP contribution is 2.28. The Kier molecular flexibility index (Phi) is 5.90. The summed E-state index contributed by atoms with van der Waals surface area (Å²) >= 11 is 3.14. The second kappa shape index (κ2) is 8.76. The second-order valence-electron chi connectivity index (χ2n) is 6.61. The molecular weight excluding hydrogens is 468 g/mol. The lowest BCUT2D eigenvalue weighted by molar-refractivity contribution is 0.0458. The zero-order valence-electron chi connectivity index (χ0n) is 16.6. The van der Waals surface area contributed by atoms with E-state index in [9.17, 15) is 9.59 Å². The third-order valence-corrected chi connectivity index (χ3v) is 5.03. The molecule has 4 aromatic rings. The molecule has 0 atom stereocenters. The van der Waals surface area contributed by atoms with E-state index in [4.69, 9.17) is 19.6 Å². The number of nitrogens with zero attached hydrogens (tertiary/aromatic N) is 3. The molecule has 0 saturated heterocycles. The minimum absolute atomic E-state index is 0.111. The van der Waals surface area contributed by atoms with Crippen molar-refractivity contribution >= 4 is 55.9 Å². The summed E-state index contributed by atoms with van der Waals surface area (Å²) < 4.78 is 17.7. The van der Waals surface area contributed by atoms with Crippen LogP contribution in [0.1, 0.15) is 34.3 Å². The lowest BCUT2D eigenvalue weighted by Gasteiger charge is -2.08. The van der Waals surface area contributed by atoms with Crippen LogP contribution in [0.4, 0.5) is 5.82 Å². The number of nitrogens with two attached hydrogens (primary N) is 1. The molecule has 10 heteroatoms. The van der Waals surface area contributed by atoms with Gasteiger partial charge in [0.05, 0.1) is 24.2 Å². The Bertz CT molecular complexity index is 1280. The van der Waals surface area contributed by atoms with E-state index in [1.54, 1.807) is 17.6 Å². The number of rotatable bonds is 7. The van der Waals surface area contributed by atoms with E-state index in [-0.39, 0.29) is 30.4 Å². The maximum atomic E-state index is 12.5. The van der Waals surface area contributed by atoms with Gasteiger partial charge in [0.1, 0.15) is 16.9 Å². The average Bonchev–Trinajstić information content (AvgIpc) is 3.30. The van der Waals surface area contributed by atoms with Crippen LogP contribution in [0.5, 0.6) is 0 Å². The zero-order chi connectivity index (χ0) is 22.0. The first-order valence-corrected chi connectivity index (χ1v) is 10.4. The topological polar surface area (TPSA) is 122 Å². The van der Waals surface area contributed by atoms with Gasteiger partial charge in [-0.1, -0.05) is 12.1 Å². The first-order chi connectivity index (χ1) is 15.0. The molecule has 4 rings (SSSR count). The van der Waals surface area contributed by atoms with Crippen LogP contribution in [-0.4, -0.2) is 39.7 Å². The Balaban J connectivity index is 1.60. The van der Waals surface area contributed by atoms with Crippen LogP contribution < -0.4 is 5.73 Å². The van der Waals surface area contributed by atoms with Crippen LogP contribution in [0, 0.1) is 0 Å². The fraction of sp³-hybridized carbons (Fsp3) is 0.238. The number of hydrogen-bond donors (Lipinski definition) is 1.